The first kappa shape index (κ1) is 20.2. The van der Waals surface area contributed by atoms with E-state index >= 15 is 0 Å². The Bertz CT molecular complexity index is 912. The van der Waals surface area contributed by atoms with Gasteiger partial charge in [-0.05, 0) is 37.5 Å². The Balaban J connectivity index is 0.00000243. The summed E-state index contributed by atoms with van der Waals surface area (Å²) in [6.45, 7) is 2.07. The maximum absolute atomic E-state index is 12.8. The van der Waals surface area contributed by atoms with Crippen molar-refractivity contribution in [2.24, 2.45) is 7.05 Å². The number of nitrogens with two attached hydrogens (primary N) is 1. The van der Waals surface area contributed by atoms with Crippen LogP contribution in [0.1, 0.15) is 18.9 Å². The van der Waals surface area contributed by atoms with Crippen LogP contribution in [-0.4, -0.2) is 36.7 Å². The van der Waals surface area contributed by atoms with Gasteiger partial charge < -0.3 is 10.6 Å². The van der Waals surface area contributed by atoms with E-state index < -0.39 is 16.1 Å². The molecule has 0 saturated heterocycles. The van der Waals surface area contributed by atoms with Crippen molar-refractivity contribution in [1.82, 2.24) is 14.5 Å². The number of nitrogens with zero attached hydrogens (tertiary/aromatic N) is 3. The number of benzene rings is 1. The van der Waals surface area contributed by atoms with Crippen molar-refractivity contribution in [3.05, 3.63) is 36.2 Å². The molecule has 0 aliphatic carbocycles. The van der Waals surface area contributed by atoms with Gasteiger partial charge in [-0.1, -0.05) is 6.07 Å². The van der Waals surface area contributed by atoms with Crippen LogP contribution in [0.3, 0.4) is 0 Å². The van der Waals surface area contributed by atoms with Crippen LogP contribution in [0.2, 0.25) is 0 Å². The lowest BCUT2D eigenvalue weighted by Crippen LogP contribution is -2.48. The maximum atomic E-state index is 12.8. The van der Waals surface area contributed by atoms with Gasteiger partial charge in [0.2, 0.25) is 15.9 Å². The molecule has 2 aromatic rings. The summed E-state index contributed by atoms with van der Waals surface area (Å²) in [6, 6.07) is 4.54. The summed E-state index contributed by atoms with van der Waals surface area (Å²) in [5.74, 6) is -0.306. The van der Waals surface area contributed by atoms with E-state index in [1.54, 1.807) is 24.1 Å². The molecule has 1 atom stereocenters. The third-order valence-electron chi connectivity index (χ3n) is 4.25. The molecule has 1 aromatic heterocycles. The second-order valence-corrected chi connectivity index (χ2v) is 7.85. The lowest BCUT2D eigenvalue weighted by molar-refractivity contribution is -0.119. The number of carbonyl (C=O) groups excluding carboxylic acids is 1. The summed E-state index contributed by atoms with van der Waals surface area (Å²) < 4.78 is 28.6. The minimum absolute atomic E-state index is 0. The van der Waals surface area contributed by atoms with E-state index in [4.69, 9.17) is 5.73 Å². The average Bonchev–Trinajstić information content (AvgIpc) is 3.01. The summed E-state index contributed by atoms with van der Waals surface area (Å²) >= 11 is 0. The first-order chi connectivity index (χ1) is 11.8. The zero-order valence-corrected chi connectivity index (χ0v) is 16.2. The van der Waals surface area contributed by atoms with Gasteiger partial charge in [0.05, 0.1) is 12.2 Å². The van der Waals surface area contributed by atoms with Gasteiger partial charge in [-0.25, -0.2) is 8.42 Å². The molecule has 26 heavy (non-hydrogen) atoms. The highest BCUT2D eigenvalue weighted by Crippen LogP contribution is 2.31. The van der Waals surface area contributed by atoms with Gasteiger partial charge in [0.1, 0.15) is 4.90 Å². The van der Waals surface area contributed by atoms with Gasteiger partial charge in [0.15, 0.2) is 0 Å². The number of fused-ring (bicyclic) bond motifs is 1. The number of nitrogen functional groups attached to an aromatic ring is 1. The summed E-state index contributed by atoms with van der Waals surface area (Å²) in [5, 5.41) is 3.85. The first-order valence-corrected chi connectivity index (χ1v) is 9.47. The molecule has 1 aliphatic heterocycles. The fourth-order valence-electron chi connectivity index (χ4n) is 3.00. The molecule has 10 heteroatoms. The van der Waals surface area contributed by atoms with Gasteiger partial charge in [-0.3, -0.25) is 9.48 Å². The molecule has 142 valence electrons. The largest absolute Gasteiger partial charge is 0.398 e. The third kappa shape index (κ3) is 3.84. The number of sulfonamides is 1. The fraction of sp³-hybridized carbons (Fsp3) is 0.375. The van der Waals surface area contributed by atoms with Gasteiger partial charge >= 0.3 is 0 Å². The van der Waals surface area contributed by atoms with E-state index in [2.05, 4.69) is 9.82 Å². The minimum Gasteiger partial charge on any atom is -0.398 e. The number of amides is 1. The molecule has 1 aromatic carbocycles. The Morgan fingerprint density at radius 1 is 1.38 bits per heavy atom. The van der Waals surface area contributed by atoms with E-state index in [1.807, 2.05) is 6.07 Å². The molecule has 3 N–H and O–H groups in total. The van der Waals surface area contributed by atoms with E-state index in [0.29, 0.717) is 12.2 Å². The third-order valence-corrected chi connectivity index (χ3v) is 5.74. The Morgan fingerprint density at radius 2 is 2.12 bits per heavy atom. The second kappa shape index (κ2) is 7.65. The molecule has 3 rings (SSSR count). The molecule has 2 heterocycles. The zero-order valence-electron chi connectivity index (χ0n) is 14.5. The van der Waals surface area contributed by atoms with Crippen molar-refractivity contribution in [2.45, 2.75) is 30.7 Å². The highest BCUT2D eigenvalue weighted by atomic mass is 35.5. The predicted molar refractivity (Wildman–Crippen MR) is 102 cm³/mol. The van der Waals surface area contributed by atoms with Crippen molar-refractivity contribution in [2.75, 3.05) is 17.2 Å². The van der Waals surface area contributed by atoms with Gasteiger partial charge in [0, 0.05) is 31.2 Å². The summed E-state index contributed by atoms with van der Waals surface area (Å²) in [4.78, 5) is 14.5. The molecular weight excluding hydrogens is 378 g/mol. The number of nitrogens with one attached hydrogen (secondary N) is 1. The molecule has 0 radical (unpaired) electrons. The van der Waals surface area contributed by atoms with Crippen LogP contribution in [0.5, 0.6) is 0 Å². The van der Waals surface area contributed by atoms with Crippen LogP contribution < -0.4 is 15.4 Å². The Labute approximate surface area is 158 Å². The summed E-state index contributed by atoms with van der Waals surface area (Å²) in [6.07, 6.45) is 4.23. The minimum atomic E-state index is -3.81. The van der Waals surface area contributed by atoms with Crippen molar-refractivity contribution >= 4 is 39.7 Å². The highest BCUT2D eigenvalue weighted by Gasteiger charge is 2.30. The standard InChI is InChI=1S/C16H21N5O3S.ClH/c1-11(19-25(23,24)12-9-18-20(2)10-12)16(22)21-8-4-5-13-14(17)6-3-7-15(13)21;/h3,6-7,9-11,19H,4-5,8,17H2,1-2H3;1H. The van der Waals surface area contributed by atoms with E-state index in [0.717, 1.165) is 24.1 Å². The molecule has 8 nitrogen and oxygen atoms in total. The number of anilines is 2. The van der Waals surface area contributed by atoms with Gasteiger partial charge in [0.25, 0.3) is 0 Å². The van der Waals surface area contributed by atoms with E-state index in [9.17, 15) is 13.2 Å². The molecular formula is C16H22ClN5O3S. The average molecular weight is 400 g/mol. The summed E-state index contributed by atoms with van der Waals surface area (Å²) in [5.41, 5.74) is 8.34. The number of aromatic nitrogens is 2. The Kier molecular flexibility index (Phi) is 5.94. The molecule has 1 aliphatic rings. The molecule has 1 unspecified atom stereocenters. The quantitative estimate of drug-likeness (QED) is 0.747. The van der Waals surface area contributed by atoms with Crippen molar-refractivity contribution in [3.63, 3.8) is 0 Å². The Hall–Kier alpha value is -2.10. The number of halogens is 1. The Morgan fingerprint density at radius 3 is 2.77 bits per heavy atom. The number of aryl methyl sites for hydroxylation is 1. The van der Waals surface area contributed by atoms with Crippen molar-refractivity contribution in [3.8, 4) is 0 Å². The van der Waals surface area contributed by atoms with Crippen LogP contribution in [0.25, 0.3) is 0 Å². The molecule has 0 bridgehead atoms. The smallest absolute Gasteiger partial charge is 0.244 e. The van der Waals surface area contributed by atoms with Gasteiger partial charge in [-0.15, -0.1) is 12.4 Å². The lowest BCUT2D eigenvalue weighted by Gasteiger charge is -2.32. The highest BCUT2D eigenvalue weighted by molar-refractivity contribution is 7.89. The van der Waals surface area contributed by atoms with Crippen molar-refractivity contribution < 1.29 is 13.2 Å². The molecule has 1 amide bonds. The predicted octanol–water partition coefficient (Wildman–Crippen LogP) is 1.07. The topological polar surface area (TPSA) is 110 Å². The molecule has 0 spiro atoms. The van der Waals surface area contributed by atoms with Crippen LogP contribution in [0, 0.1) is 0 Å². The SMILES string of the molecule is CC(NS(=O)(=O)c1cnn(C)c1)C(=O)N1CCCc2c(N)cccc21.Cl. The first-order valence-electron chi connectivity index (χ1n) is 7.99. The molecule has 0 saturated carbocycles. The van der Waals surface area contributed by atoms with Crippen LogP contribution in [-0.2, 0) is 28.3 Å². The normalized spacial score (nSPS) is 15.1. The number of hydrogen-bond acceptors (Lipinski definition) is 5. The van der Waals surface area contributed by atoms with Crippen molar-refractivity contribution in [1.29, 1.82) is 0 Å². The lowest BCUT2D eigenvalue weighted by atomic mass is 9.99. The number of hydrogen-bond donors (Lipinski definition) is 2. The van der Waals surface area contributed by atoms with Crippen LogP contribution in [0.4, 0.5) is 11.4 Å². The fourth-order valence-corrected chi connectivity index (χ4v) is 4.18. The number of rotatable bonds is 4. The monoisotopic (exact) mass is 399 g/mol. The van der Waals surface area contributed by atoms with Crippen LogP contribution >= 0.6 is 12.4 Å². The van der Waals surface area contributed by atoms with E-state index in [1.165, 1.54) is 24.0 Å². The second-order valence-electron chi connectivity index (χ2n) is 6.13. The van der Waals surface area contributed by atoms with Crippen LogP contribution in [0.15, 0.2) is 35.5 Å². The van der Waals surface area contributed by atoms with E-state index in [-0.39, 0.29) is 23.2 Å². The zero-order chi connectivity index (χ0) is 18.2. The maximum Gasteiger partial charge on any atom is 0.244 e. The number of carbonyl (C=O) groups is 1. The molecule has 0 fully saturated rings. The van der Waals surface area contributed by atoms with Gasteiger partial charge in [-0.2, -0.15) is 9.82 Å². The summed E-state index contributed by atoms with van der Waals surface area (Å²) in [7, 11) is -2.19.